The fourth-order valence-electron chi connectivity index (χ4n) is 5.52. The number of anilines is 3. The molecule has 39 heavy (non-hydrogen) atoms. The zero-order valence-corrected chi connectivity index (χ0v) is 21.4. The molecule has 2 fully saturated rings. The summed E-state index contributed by atoms with van der Waals surface area (Å²) < 4.78 is 44.8. The second-order valence-corrected chi connectivity index (χ2v) is 10.2. The summed E-state index contributed by atoms with van der Waals surface area (Å²) in [6.07, 6.45) is 2.29. The van der Waals surface area contributed by atoms with E-state index >= 15 is 0 Å². The molecule has 0 bridgehead atoms. The lowest BCUT2D eigenvalue weighted by atomic mass is 9.89. The van der Waals surface area contributed by atoms with Gasteiger partial charge >= 0.3 is 12.3 Å². The Morgan fingerprint density at radius 2 is 1.79 bits per heavy atom. The lowest BCUT2D eigenvalue weighted by molar-refractivity contribution is -0.137. The molecule has 5 rings (SSSR count). The molecule has 0 spiro atoms. The van der Waals surface area contributed by atoms with Crippen molar-refractivity contribution < 1.29 is 27.5 Å². The molecule has 1 aliphatic heterocycles. The van der Waals surface area contributed by atoms with E-state index in [-0.39, 0.29) is 18.1 Å². The van der Waals surface area contributed by atoms with Crippen molar-refractivity contribution in [2.75, 3.05) is 28.6 Å². The Labute approximate surface area is 224 Å². The maximum atomic E-state index is 13.0. The van der Waals surface area contributed by atoms with Crippen molar-refractivity contribution in [3.05, 3.63) is 60.3 Å². The number of carboxylic acid groups (broad SMARTS) is 1. The zero-order chi connectivity index (χ0) is 27.4. The first kappa shape index (κ1) is 26.9. The van der Waals surface area contributed by atoms with Crippen molar-refractivity contribution in [2.45, 2.75) is 62.8 Å². The number of hydrogen-bond donors (Lipinski definition) is 4. The first-order chi connectivity index (χ1) is 18.7. The van der Waals surface area contributed by atoms with Gasteiger partial charge in [0.05, 0.1) is 11.8 Å². The Kier molecular flexibility index (Phi) is 7.97. The van der Waals surface area contributed by atoms with Crippen LogP contribution in [0.2, 0.25) is 0 Å². The molecule has 208 valence electrons. The summed E-state index contributed by atoms with van der Waals surface area (Å²) in [6, 6.07) is 13.3. The number of hydrogen-bond acceptors (Lipinski definition) is 6. The summed E-state index contributed by atoms with van der Waals surface area (Å²) in [4.78, 5) is 17.5. The van der Waals surface area contributed by atoms with Crippen LogP contribution in [-0.2, 0) is 6.18 Å². The molecule has 1 saturated heterocycles. The number of alkyl halides is 3. The number of oxazole rings is 1. The molecule has 1 aromatic heterocycles. The molecule has 1 unspecified atom stereocenters. The van der Waals surface area contributed by atoms with Gasteiger partial charge in [0.25, 0.3) is 6.01 Å². The van der Waals surface area contributed by atoms with Gasteiger partial charge in [-0.2, -0.15) is 13.2 Å². The third-order valence-electron chi connectivity index (χ3n) is 7.41. The van der Waals surface area contributed by atoms with Crippen LogP contribution in [0.4, 0.5) is 35.4 Å². The summed E-state index contributed by atoms with van der Waals surface area (Å²) in [6.45, 7) is 1.55. The van der Waals surface area contributed by atoms with E-state index in [2.05, 4.69) is 25.8 Å². The average molecular weight is 544 g/mol. The van der Waals surface area contributed by atoms with Gasteiger partial charge in [0, 0.05) is 48.2 Å². The van der Waals surface area contributed by atoms with E-state index in [9.17, 15) is 18.0 Å². The summed E-state index contributed by atoms with van der Waals surface area (Å²) in [5.41, 5.74) is 1.34. The molecule has 8 nitrogen and oxygen atoms in total. The quantitative estimate of drug-likeness (QED) is 0.272. The Balaban J connectivity index is 1.21. The lowest BCUT2D eigenvalue weighted by Gasteiger charge is -2.40. The van der Waals surface area contributed by atoms with Gasteiger partial charge in [-0.25, -0.2) is 9.78 Å². The summed E-state index contributed by atoms with van der Waals surface area (Å²) in [5.74, 6) is 0.534. The van der Waals surface area contributed by atoms with Crippen LogP contribution in [0.5, 0.6) is 0 Å². The standard InChI is InChI=1S/C28H32F3N5O3/c29-28(30,31)19-10-12-22(13-11-19)36-14-4-7-21(17-36)33-23-8-1-2-9-24(23)35-26-32-16-25(39-26)18-5-3-6-20(15-18)34-27(37)38/h3,5-6,10-13,15-16,21,23-24,33-34H,1-2,4,7-9,14,17H2,(H,32,35)(H,37,38)/t21?,23-,24+/m0/s1. The van der Waals surface area contributed by atoms with Crippen LogP contribution >= 0.6 is 0 Å². The zero-order valence-electron chi connectivity index (χ0n) is 21.4. The van der Waals surface area contributed by atoms with Crippen molar-refractivity contribution in [2.24, 2.45) is 0 Å². The Morgan fingerprint density at radius 3 is 2.54 bits per heavy atom. The first-order valence-electron chi connectivity index (χ1n) is 13.3. The number of halogens is 3. The number of carbonyl (C=O) groups is 1. The number of amides is 1. The third-order valence-corrected chi connectivity index (χ3v) is 7.41. The summed E-state index contributed by atoms with van der Waals surface area (Å²) in [5, 5.41) is 18.6. The lowest BCUT2D eigenvalue weighted by Crippen LogP contribution is -2.54. The number of nitrogens with one attached hydrogen (secondary N) is 3. The molecule has 2 heterocycles. The minimum atomic E-state index is -4.33. The van der Waals surface area contributed by atoms with Gasteiger partial charge < -0.3 is 25.1 Å². The van der Waals surface area contributed by atoms with Crippen molar-refractivity contribution >= 4 is 23.5 Å². The van der Waals surface area contributed by atoms with Crippen LogP contribution in [0.15, 0.2) is 59.1 Å². The average Bonchev–Trinajstić information content (AvgIpc) is 3.38. The molecule has 2 aromatic carbocycles. The smallest absolute Gasteiger partial charge is 0.416 e. The second-order valence-electron chi connectivity index (χ2n) is 10.2. The molecule has 3 atom stereocenters. The van der Waals surface area contributed by atoms with Crippen LogP contribution in [0.25, 0.3) is 11.3 Å². The molecular formula is C28H32F3N5O3. The van der Waals surface area contributed by atoms with Gasteiger partial charge in [0.1, 0.15) is 0 Å². The van der Waals surface area contributed by atoms with Crippen LogP contribution in [0, 0.1) is 0 Å². The Bertz CT molecular complexity index is 1260. The fourth-order valence-corrected chi connectivity index (χ4v) is 5.52. The fraction of sp³-hybridized carbons (Fsp3) is 0.429. The van der Waals surface area contributed by atoms with Crippen LogP contribution in [-0.4, -0.2) is 47.4 Å². The highest BCUT2D eigenvalue weighted by Gasteiger charge is 2.32. The predicted octanol–water partition coefficient (Wildman–Crippen LogP) is 6.43. The van der Waals surface area contributed by atoms with Gasteiger partial charge in [-0.1, -0.05) is 25.0 Å². The minimum absolute atomic E-state index is 0.117. The maximum Gasteiger partial charge on any atom is 0.416 e. The van der Waals surface area contributed by atoms with Gasteiger partial charge in [-0.3, -0.25) is 5.32 Å². The SMILES string of the molecule is O=C(O)Nc1cccc(-c2cnc(N[C@@H]3CCCC[C@@H]3NC3CCCN(c4ccc(C(F)(F)F)cc4)C3)o2)c1. The van der Waals surface area contributed by atoms with Crippen LogP contribution < -0.4 is 20.9 Å². The number of piperidine rings is 1. The Morgan fingerprint density at radius 1 is 1.03 bits per heavy atom. The van der Waals surface area contributed by atoms with Gasteiger partial charge in [0.15, 0.2) is 5.76 Å². The molecule has 1 aliphatic carbocycles. The highest BCUT2D eigenvalue weighted by atomic mass is 19.4. The van der Waals surface area contributed by atoms with E-state index in [4.69, 9.17) is 9.52 Å². The number of rotatable bonds is 7. The van der Waals surface area contributed by atoms with Gasteiger partial charge in [-0.05, 0) is 62.1 Å². The van der Waals surface area contributed by atoms with Crippen molar-refractivity contribution in [1.82, 2.24) is 10.3 Å². The molecule has 1 amide bonds. The molecule has 4 N–H and O–H groups in total. The van der Waals surface area contributed by atoms with E-state index in [1.165, 1.54) is 0 Å². The van der Waals surface area contributed by atoms with Gasteiger partial charge in [-0.15, -0.1) is 0 Å². The van der Waals surface area contributed by atoms with E-state index in [0.717, 1.165) is 69.4 Å². The molecule has 1 saturated carbocycles. The van der Waals surface area contributed by atoms with E-state index in [1.807, 2.05) is 6.07 Å². The largest absolute Gasteiger partial charge is 0.465 e. The number of aromatic nitrogens is 1. The third kappa shape index (κ3) is 6.83. The van der Waals surface area contributed by atoms with E-state index in [0.29, 0.717) is 23.0 Å². The number of nitrogens with zero attached hydrogens (tertiary/aromatic N) is 2. The summed E-state index contributed by atoms with van der Waals surface area (Å²) >= 11 is 0. The molecular weight excluding hydrogens is 511 g/mol. The van der Waals surface area contributed by atoms with Crippen molar-refractivity contribution in [3.63, 3.8) is 0 Å². The van der Waals surface area contributed by atoms with Crippen LogP contribution in [0.3, 0.4) is 0 Å². The predicted molar refractivity (Wildman–Crippen MR) is 143 cm³/mol. The minimum Gasteiger partial charge on any atom is -0.465 e. The normalized spacial score (nSPS) is 21.9. The van der Waals surface area contributed by atoms with Crippen molar-refractivity contribution in [1.29, 1.82) is 0 Å². The highest BCUT2D eigenvalue weighted by molar-refractivity contribution is 5.84. The second kappa shape index (κ2) is 11.6. The molecule has 2 aliphatic rings. The van der Waals surface area contributed by atoms with Gasteiger partial charge in [0.2, 0.25) is 0 Å². The highest BCUT2D eigenvalue weighted by Crippen LogP contribution is 2.32. The van der Waals surface area contributed by atoms with Crippen LogP contribution in [0.1, 0.15) is 44.1 Å². The molecule has 11 heteroatoms. The molecule has 0 radical (unpaired) electrons. The Hall–Kier alpha value is -3.73. The topological polar surface area (TPSA) is 103 Å². The first-order valence-corrected chi connectivity index (χ1v) is 13.3. The summed E-state index contributed by atoms with van der Waals surface area (Å²) in [7, 11) is 0. The van der Waals surface area contributed by atoms with E-state index in [1.54, 1.807) is 36.5 Å². The van der Waals surface area contributed by atoms with Crippen molar-refractivity contribution in [3.8, 4) is 11.3 Å². The molecule has 3 aromatic rings. The maximum absolute atomic E-state index is 13.0. The van der Waals surface area contributed by atoms with E-state index < -0.39 is 17.8 Å². The monoisotopic (exact) mass is 543 g/mol. The number of benzene rings is 2.